The maximum atomic E-state index is 13.1. The van der Waals surface area contributed by atoms with Gasteiger partial charge in [-0.15, -0.1) is 6.58 Å². The molecule has 4 rings (SSSR count). The first-order valence-electron chi connectivity index (χ1n) is 10.6. The van der Waals surface area contributed by atoms with Gasteiger partial charge < -0.3 is 4.74 Å². The third-order valence-corrected chi connectivity index (χ3v) is 8.06. The van der Waals surface area contributed by atoms with Gasteiger partial charge in [0.05, 0.1) is 10.3 Å². The van der Waals surface area contributed by atoms with Gasteiger partial charge in [-0.05, 0) is 47.8 Å². The standard InChI is InChI=1S/C25H29NO4S/c1-5-19-16-25(19,24(2,3)4)23(27)26-31(28,29)20-13-11-18-12-14-21(30-22(18)15-20)17-9-7-6-8-10-17/h5-11,13,15,19,21H,1,12,14,16H2,2-4H3,(H,26,27)/t19-,21?,25-/m1/s1. The molecule has 1 unspecified atom stereocenters. The molecular weight excluding hydrogens is 410 g/mol. The van der Waals surface area contributed by atoms with Crippen molar-refractivity contribution in [2.45, 2.75) is 51.0 Å². The molecule has 0 spiro atoms. The smallest absolute Gasteiger partial charge is 0.264 e. The Bertz CT molecular complexity index is 1120. The van der Waals surface area contributed by atoms with Crippen LogP contribution in [-0.4, -0.2) is 14.3 Å². The van der Waals surface area contributed by atoms with Crippen LogP contribution in [0.1, 0.15) is 50.8 Å². The Morgan fingerprint density at radius 2 is 1.90 bits per heavy atom. The molecule has 5 nitrogen and oxygen atoms in total. The molecule has 0 bridgehead atoms. The van der Waals surface area contributed by atoms with E-state index in [1.807, 2.05) is 51.1 Å². The second-order valence-electron chi connectivity index (χ2n) is 9.53. The number of allylic oxidation sites excluding steroid dienone is 1. The summed E-state index contributed by atoms with van der Waals surface area (Å²) in [6.07, 6.45) is 3.86. The summed E-state index contributed by atoms with van der Waals surface area (Å²) in [6, 6.07) is 14.7. The molecule has 0 aromatic heterocycles. The molecule has 1 N–H and O–H groups in total. The Kier molecular flexibility index (Phi) is 5.24. The lowest BCUT2D eigenvalue weighted by Gasteiger charge is -2.31. The summed E-state index contributed by atoms with van der Waals surface area (Å²) < 4.78 is 34.6. The molecule has 0 saturated heterocycles. The highest BCUT2D eigenvalue weighted by Gasteiger charge is 2.65. The van der Waals surface area contributed by atoms with E-state index in [0.29, 0.717) is 12.2 Å². The van der Waals surface area contributed by atoms with E-state index < -0.39 is 21.3 Å². The normalized spacial score (nSPS) is 25.1. The summed E-state index contributed by atoms with van der Waals surface area (Å²) in [6.45, 7) is 9.68. The van der Waals surface area contributed by atoms with Crippen molar-refractivity contribution in [2.24, 2.45) is 16.7 Å². The predicted octanol–water partition coefficient (Wildman–Crippen LogP) is 4.80. The molecule has 3 atom stereocenters. The van der Waals surface area contributed by atoms with Gasteiger partial charge in [-0.1, -0.05) is 63.2 Å². The van der Waals surface area contributed by atoms with Gasteiger partial charge in [0.25, 0.3) is 10.0 Å². The third-order valence-electron chi connectivity index (χ3n) is 6.74. The van der Waals surface area contributed by atoms with Gasteiger partial charge in [-0.3, -0.25) is 4.79 Å². The number of rotatable bonds is 5. The third kappa shape index (κ3) is 3.78. The molecule has 164 valence electrons. The number of fused-ring (bicyclic) bond motifs is 1. The maximum absolute atomic E-state index is 13.1. The number of sulfonamides is 1. The van der Waals surface area contributed by atoms with Crippen molar-refractivity contribution in [2.75, 3.05) is 0 Å². The second-order valence-corrected chi connectivity index (χ2v) is 11.2. The number of nitrogens with one attached hydrogen (secondary N) is 1. The molecule has 2 aliphatic rings. The first kappa shape index (κ1) is 21.6. The van der Waals surface area contributed by atoms with Gasteiger partial charge in [0.2, 0.25) is 5.91 Å². The number of ether oxygens (including phenoxy) is 1. The van der Waals surface area contributed by atoms with Crippen LogP contribution in [0.15, 0.2) is 66.1 Å². The highest BCUT2D eigenvalue weighted by atomic mass is 32.2. The van der Waals surface area contributed by atoms with Crippen molar-refractivity contribution in [3.05, 3.63) is 72.3 Å². The average molecular weight is 440 g/mol. The number of aryl methyl sites for hydroxylation is 1. The number of benzene rings is 2. The molecular formula is C25H29NO4S. The second kappa shape index (κ2) is 7.52. The molecule has 0 radical (unpaired) electrons. The maximum Gasteiger partial charge on any atom is 0.264 e. The van der Waals surface area contributed by atoms with Gasteiger partial charge in [-0.2, -0.15) is 0 Å². The highest BCUT2D eigenvalue weighted by Crippen LogP contribution is 2.64. The highest BCUT2D eigenvalue weighted by molar-refractivity contribution is 7.90. The minimum atomic E-state index is -4.02. The summed E-state index contributed by atoms with van der Waals surface area (Å²) in [4.78, 5) is 13.1. The van der Waals surface area contributed by atoms with E-state index in [4.69, 9.17) is 4.74 Å². The number of carbonyl (C=O) groups is 1. The first-order valence-corrected chi connectivity index (χ1v) is 12.1. The van der Waals surface area contributed by atoms with Crippen LogP contribution in [0.2, 0.25) is 0 Å². The lowest BCUT2D eigenvalue weighted by molar-refractivity contribution is -0.128. The molecule has 6 heteroatoms. The van der Waals surface area contributed by atoms with E-state index in [9.17, 15) is 13.2 Å². The predicted molar refractivity (Wildman–Crippen MR) is 120 cm³/mol. The number of hydrogen-bond donors (Lipinski definition) is 1. The Morgan fingerprint density at radius 1 is 1.19 bits per heavy atom. The van der Waals surface area contributed by atoms with Crippen LogP contribution in [-0.2, 0) is 21.2 Å². The first-order chi connectivity index (χ1) is 14.6. The van der Waals surface area contributed by atoms with E-state index in [1.54, 1.807) is 18.2 Å². The molecule has 1 aliphatic carbocycles. The summed E-state index contributed by atoms with van der Waals surface area (Å²) in [5, 5.41) is 0. The molecule has 1 heterocycles. The van der Waals surface area contributed by atoms with Crippen LogP contribution in [0.4, 0.5) is 0 Å². The summed E-state index contributed by atoms with van der Waals surface area (Å²) in [5.74, 6) is 0.0586. The van der Waals surface area contributed by atoms with Crippen molar-refractivity contribution in [3.63, 3.8) is 0 Å². The van der Waals surface area contributed by atoms with E-state index in [2.05, 4.69) is 11.3 Å². The Hall–Kier alpha value is -2.60. The van der Waals surface area contributed by atoms with Crippen molar-refractivity contribution >= 4 is 15.9 Å². The van der Waals surface area contributed by atoms with Crippen molar-refractivity contribution in [1.29, 1.82) is 0 Å². The van der Waals surface area contributed by atoms with E-state index in [-0.39, 0.29) is 22.3 Å². The molecule has 1 fully saturated rings. The van der Waals surface area contributed by atoms with Gasteiger partial charge >= 0.3 is 0 Å². The quantitative estimate of drug-likeness (QED) is 0.680. The lowest BCUT2D eigenvalue weighted by atomic mass is 9.75. The van der Waals surface area contributed by atoms with Gasteiger partial charge in [0, 0.05) is 6.07 Å². The van der Waals surface area contributed by atoms with Crippen molar-refractivity contribution < 1.29 is 17.9 Å². The number of carbonyl (C=O) groups excluding carboxylic acids is 1. The van der Waals surface area contributed by atoms with E-state index >= 15 is 0 Å². The van der Waals surface area contributed by atoms with Crippen LogP contribution in [0, 0.1) is 16.7 Å². The van der Waals surface area contributed by atoms with Crippen molar-refractivity contribution in [3.8, 4) is 5.75 Å². The van der Waals surface area contributed by atoms with Crippen LogP contribution >= 0.6 is 0 Å². The fourth-order valence-corrected chi connectivity index (χ4v) is 5.78. The largest absolute Gasteiger partial charge is 0.485 e. The van der Waals surface area contributed by atoms with Gasteiger partial charge in [0.1, 0.15) is 11.9 Å². The minimum absolute atomic E-state index is 0.0267. The van der Waals surface area contributed by atoms with E-state index in [1.165, 1.54) is 6.07 Å². The Labute approximate surface area is 184 Å². The van der Waals surface area contributed by atoms with Crippen LogP contribution in [0.25, 0.3) is 0 Å². The Balaban J connectivity index is 1.57. The molecule has 1 saturated carbocycles. The average Bonchev–Trinajstić information content (AvgIpc) is 3.50. The fraction of sp³-hybridized carbons (Fsp3) is 0.400. The summed E-state index contributed by atoms with van der Waals surface area (Å²) in [7, 11) is -4.02. The lowest BCUT2D eigenvalue weighted by Crippen LogP contribution is -2.43. The molecule has 1 amide bonds. The summed E-state index contributed by atoms with van der Waals surface area (Å²) in [5.41, 5.74) is 0.890. The zero-order valence-corrected chi connectivity index (χ0v) is 19.0. The number of hydrogen-bond acceptors (Lipinski definition) is 4. The van der Waals surface area contributed by atoms with Gasteiger partial charge in [0.15, 0.2) is 0 Å². The summed E-state index contributed by atoms with van der Waals surface area (Å²) >= 11 is 0. The topological polar surface area (TPSA) is 72.5 Å². The molecule has 31 heavy (non-hydrogen) atoms. The minimum Gasteiger partial charge on any atom is -0.485 e. The SMILES string of the molecule is C=C[C@@H]1C[C@@]1(C(=O)NS(=O)(=O)c1ccc2c(c1)OC(c1ccccc1)CC2)C(C)(C)C. The number of amides is 1. The van der Waals surface area contributed by atoms with Gasteiger partial charge in [-0.25, -0.2) is 13.1 Å². The molecule has 2 aromatic carbocycles. The van der Waals surface area contributed by atoms with Crippen molar-refractivity contribution in [1.82, 2.24) is 4.72 Å². The fourth-order valence-electron chi connectivity index (χ4n) is 4.73. The zero-order chi connectivity index (χ0) is 22.4. The van der Waals surface area contributed by atoms with Crippen LogP contribution < -0.4 is 9.46 Å². The Morgan fingerprint density at radius 3 is 2.52 bits per heavy atom. The van der Waals surface area contributed by atoms with E-state index in [0.717, 1.165) is 24.0 Å². The monoisotopic (exact) mass is 439 g/mol. The molecule has 1 aliphatic heterocycles. The zero-order valence-electron chi connectivity index (χ0n) is 18.2. The molecule has 2 aromatic rings. The van der Waals surface area contributed by atoms with Crippen LogP contribution in [0.5, 0.6) is 5.75 Å². The van der Waals surface area contributed by atoms with Crippen LogP contribution in [0.3, 0.4) is 0 Å².